The Balaban J connectivity index is 1.39. The van der Waals surface area contributed by atoms with Gasteiger partial charge in [0, 0.05) is 24.9 Å². The molecule has 7 nitrogen and oxygen atoms in total. The fourth-order valence-corrected chi connectivity index (χ4v) is 4.23. The van der Waals surface area contributed by atoms with E-state index < -0.39 is 6.04 Å². The second-order valence-electron chi connectivity index (χ2n) is 6.80. The van der Waals surface area contributed by atoms with Crippen molar-refractivity contribution in [3.8, 4) is 0 Å². The van der Waals surface area contributed by atoms with E-state index in [9.17, 15) is 14.4 Å². The molecule has 4 heterocycles. The van der Waals surface area contributed by atoms with Gasteiger partial charge in [-0.05, 0) is 31.9 Å². The van der Waals surface area contributed by atoms with Gasteiger partial charge in [0.2, 0.25) is 17.7 Å². The maximum atomic E-state index is 12.6. The normalized spacial score (nSPS) is 32.3. The molecule has 3 saturated heterocycles. The Hall–Kier alpha value is -2.15. The van der Waals surface area contributed by atoms with E-state index in [2.05, 4.69) is 10.3 Å². The molecule has 0 radical (unpaired) electrons. The first-order valence-electron chi connectivity index (χ1n) is 8.50. The minimum Gasteiger partial charge on any atom is -0.373 e. The highest BCUT2D eigenvalue weighted by Crippen LogP contribution is 2.48. The molecule has 3 aliphatic heterocycles. The zero-order valence-electron chi connectivity index (χ0n) is 13.5. The summed E-state index contributed by atoms with van der Waals surface area (Å²) in [5, 5.41) is 2.81. The Labute approximate surface area is 139 Å². The van der Waals surface area contributed by atoms with Crippen molar-refractivity contribution in [1.29, 1.82) is 0 Å². The Kier molecular flexibility index (Phi) is 3.68. The molecule has 24 heavy (non-hydrogen) atoms. The first kappa shape index (κ1) is 15.4. The van der Waals surface area contributed by atoms with Crippen LogP contribution in [0.25, 0.3) is 0 Å². The van der Waals surface area contributed by atoms with E-state index in [1.807, 2.05) is 18.3 Å². The second kappa shape index (κ2) is 5.73. The fourth-order valence-electron chi connectivity index (χ4n) is 4.23. The molecule has 2 N–H and O–H groups in total. The molecular formula is C17H21N3O4. The smallest absolute Gasteiger partial charge is 0.243 e. The standard InChI is InChI=1S/C17H21N3O4/c1-9(15(21)19-8-6-10-3-2-7-18-10)20-16(22)13-11-4-5-12(24-11)14(13)17(20)23/h2-3,7,9,11-14,18H,4-6,8H2,1H3,(H,19,21). The van der Waals surface area contributed by atoms with Crippen molar-refractivity contribution < 1.29 is 19.1 Å². The lowest BCUT2D eigenvalue weighted by molar-refractivity contribution is -0.149. The quantitative estimate of drug-likeness (QED) is 0.755. The van der Waals surface area contributed by atoms with Gasteiger partial charge in [0.25, 0.3) is 0 Å². The first-order chi connectivity index (χ1) is 11.6. The maximum Gasteiger partial charge on any atom is 0.243 e. The number of imide groups is 1. The van der Waals surface area contributed by atoms with Crippen LogP contribution in [-0.4, -0.2) is 52.4 Å². The number of aromatic nitrogens is 1. The topological polar surface area (TPSA) is 91.5 Å². The molecular weight excluding hydrogens is 310 g/mol. The van der Waals surface area contributed by atoms with Crippen LogP contribution < -0.4 is 5.32 Å². The molecule has 7 heteroatoms. The molecule has 3 aliphatic rings. The van der Waals surface area contributed by atoms with Crippen molar-refractivity contribution in [1.82, 2.24) is 15.2 Å². The lowest BCUT2D eigenvalue weighted by Gasteiger charge is -2.23. The summed E-state index contributed by atoms with van der Waals surface area (Å²) in [6.45, 7) is 2.07. The summed E-state index contributed by atoms with van der Waals surface area (Å²) in [7, 11) is 0. The largest absolute Gasteiger partial charge is 0.373 e. The van der Waals surface area contributed by atoms with Gasteiger partial charge < -0.3 is 15.0 Å². The van der Waals surface area contributed by atoms with Gasteiger partial charge in [-0.25, -0.2) is 0 Å². The Morgan fingerprint density at radius 2 is 2.00 bits per heavy atom. The van der Waals surface area contributed by atoms with Gasteiger partial charge in [0.15, 0.2) is 0 Å². The van der Waals surface area contributed by atoms with E-state index in [0.717, 1.165) is 23.4 Å². The number of nitrogens with zero attached hydrogens (tertiary/aromatic N) is 1. The van der Waals surface area contributed by atoms with Gasteiger partial charge in [-0.1, -0.05) is 0 Å². The molecule has 4 rings (SSSR count). The summed E-state index contributed by atoms with van der Waals surface area (Å²) in [5.41, 5.74) is 1.03. The van der Waals surface area contributed by atoms with Crippen LogP contribution in [-0.2, 0) is 25.5 Å². The highest BCUT2D eigenvalue weighted by atomic mass is 16.5. The van der Waals surface area contributed by atoms with E-state index in [1.54, 1.807) is 6.92 Å². The summed E-state index contributed by atoms with van der Waals surface area (Å²) < 4.78 is 5.70. The molecule has 0 aliphatic carbocycles. The van der Waals surface area contributed by atoms with Crippen molar-refractivity contribution in [2.75, 3.05) is 6.54 Å². The number of rotatable bonds is 5. The lowest BCUT2D eigenvalue weighted by Crippen LogP contribution is -2.49. The molecule has 0 spiro atoms. The summed E-state index contributed by atoms with van der Waals surface area (Å²) in [6.07, 6.45) is 3.87. The fraction of sp³-hybridized carbons (Fsp3) is 0.588. The molecule has 128 valence electrons. The van der Waals surface area contributed by atoms with Crippen molar-refractivity contribution in [3.05, 3.63) is 24.0 Å². The van der Waals surface area contributed by atoms with Crippen LogP contribution in [0.4, 0.5) is 0 Å². The van der Waals surface area contributed by atoms with Gasteiger partial charge in [-0.3, -0.25) is 19.3 Å². The summed E-state index contributed by atoms with van der Waals surface area (Å²) in [5.74, 6) is -1.55. The predicted octanol–water partition coefficient (Wildman–Crippen LogP) is 0.224. The third-order valence-electron chi connectivity index (χ3n) is 5.44. The zero-order valence-corrected chi connectivity index (χ0v) is 13.5. The molecule has 3 amide bonds. The van der Waals surface area contributed by atoms with Crippen LogP contribution in [0.5, 0.6) is 0 Å². The number of H-pyrrole nitrogens is 1. The Bertz CT molecular complexity index is 643. The average molecular weight is 331 g/mol. The summed E-state index contributed by atoms with van der Waals surface area (Å²) >= 11 is 0. The number of carbonyl (C=O) groups excluding carboxylic acids is 3. The summed E-state index contributed by atoms with van der Waals surface area (Å²) in [4.78, 5) is 41.8. The van der Waals surface area contributed by atoms with Crippen LogP contribution in [0.3, 0.4) is 0 Å². The SMILES string of the molecule is CC(C(=O)NCCc1ccc[nH]1)N1C(=O)C2C3CCC(O3)C2C1=O. The number of carbonyl (C=O) groups is 3. The van der Waals surface area contributed by atoms with E-state index in [4.69, 9.17) is 4.74 Å². The van der Waals surface area contributed by atoms with E-state index >= 15 is 0 Å². The predicted molar refractivity (Wildman–Crippen MR) is 83.7 cm³/mol. The second-order valence-corrected chi connectivity index (χ2v) is 6.80. The number of nitrogens with one attached hydrogen (secondary N) is 2. The number of fused-ring (bicyclic) bond motifs is 5. The number of amides is 3. The lowest BCUT2D eigenvalue weighted by atomic mass is 9.81. The number of aromatic amines is 1. The Morgan fingerprint density at radius 3 is 2.58 bits per heavy atom. The molecule has 1 aromatic rings. The molecule has 5 unspecified atom stereocenters. The van der Waals surface area contributed by atoms with Crippen molar-refractivity contribution in [2.24, 2.45) is 11.8 Å². The van der Waals surface area contributed by atoms with Gasteiger partial charge in [-0.15, -0.1) is 0 Å². The van der Waals surface area contributed by atoms with Crippen molar-refractivity contribution in [3.63, 3.8) is 0 Å². The van der Waals surface area contributed by atoms with Crippen LogP contribution >= 0.6 is 0 Å². The van der Waals surface area contributed by atoms with E-state index in [0.29, 0.717) is 13.0 Å². The van der Waals surface area contributed by atoms with Crippen molar-refractivity contribution >= 4 is 17.7 Å². The Morgan fingerprint density at radius 1 is 1.33 bits per heavy atom. The maximum absolute atomic E-state index is 12.6. The number of ether oxygens (including phenoxy) is 1. The summed E-state index contributed by atoms with van der Waals surface area (Å²) in [6, 6.07) is 3.06. The number of hydrogen-bond acceptors (Lipinski definition) is 4. The number of likely N-dealkylation sites (tertiary alicyclic amines) is 1. The molecule has 0 aromatic carbocycles. The van der Waals surface area contributed by atoms with Crippen LogP contribution in [0.2, 0.25) is 0 Å². The molecule has 5 atom stereocenters. The zero-order chi connectivity index (χ0) is 16.8. The van der Waals surface area contributed by atoms with Gasteiger partial charge in [-0.2, -0.15) is 0 Å². The minimum atomic E-state index is -0.779. The van der Waals surface area contributed by atoms with Crippen molar-refractivity contribution in [2.45, 2.75) is 44.4 Å². The third-order valence-corrected chi connectivity index (χ3v) is 5.44. The first-order valence-corrected chi connectivity index (χ1v) is 8.50. The number of hydrogen-bond donors (Lipinski definition) is 2. The van der Waals surface area contributed by atoms with Gasteiger partial charge >= 0.3 is 0 Å². The van der Waals surface area contributed by atoms with Gasteiger partial charge in [0.05, 0.1) is 24.0 Å². The average Bonchev–Trinajstić information content (AvgIpc) is 3.32. The highest BCUT2D eigenvalue weighted by Gasteiger charge is 2.63. The molecule has 0 saturated carbocycles. The molecule has 2 bridgehead atoms. The van der Waals surface area contributed by atoms with Crippen LogP contribution in [0.15, 0.2) is 18.3 Å². The van der Waals surface area contributed by atoms with E-state index in [1.165, 1.54) is 0 Å². The molecule has 3 fully saturated rings. The van der Waals surface area contributed by atoms with E-state index in [-0.39, 0.29) is 41.8 Å². The van der Waals surface area contributed by atoms with Gasteiger partial charge in [0.1, 0.15) is 6.04 Å². The minimum absolute atomic E-state index is 0.149. The van der Waals surface area contributed by atoms with Crippen LogP contribution in [0, 0.1) is 11.8 Å². The van der Waals surface area contributed by atoms with Crippen LogP contribution in [0.1, 0.15) is 25.5 Å². The third kappa shape index (κ3) is 2.26. The molecule has 1 aromatic heterocycles. The monoisotopic (exact) mass is 331 g/mol. The highest BCUT2D eigenvalue weighted by molar-refractivity contribution is 6.09.